The highest BCUT2D eigenvalue weighted by molar-refractivity contribution is 7.11. The molecule has 2 amide bonds. The van der Waals surface area contributed by atoms with E-state index in [0.29, 0.717) is 19.4 Å². The molecule has 6 nitrogen and oxygen atoms in total. The first kappa shape index (κ1) is 14.4. The van der Waals surface area contributed by atoms with Gasteiger partial charge in [0, 0.05) is 11.1 Å². The van der Waals surface area contributed by atoms with Crippen molar-refractivity contribution >= 4 is 23.3 Å². The van der Waals surface area contributed by atoms with Gasteiger partial charge in [-0.3, -0.25) is 0 Å². The lowest BCUT2D eigenvalue weighted by molar-refractivity contribution is -0.139. The van der Waals surface area contributed by atoms with Crippen LogP contribution in [0.5, 0.6) is 0 Å². The molecule has 0 saturated heterocycles. The van der Waals surface area contributed by atoms with E-state index in [0.717, 1.165) is 9.88 Å². The highest BCUT2D eigenvalue weighted by Gasteiger charge is 2.18. The largest absolute Gasteiger partial charge is 0.480 e. The van der Waals surface area contributed by atoms with Crippen LogP contribution in [-0.4, -0.2) is 28.1 Å². The van der Waals surface area contributed by atoms with Crippen LogP contribution in [-0.2, 0) is 11.3 Å². The number of carboxylic acids is 1. The summed E-state index contributed by atoms with van der Waals surface area (Å²) >= 11 is 1.50. The number of aryl methyl sites for hydroxylation is 1. The maximum absolute atomic E-state index is 11.5. The fourth-order valence-corrected chi connectivity index (χ4v) is 2.14. The van der Waals surface area contributed by atoms with E-state index in [1.807, 2.05) is 13.8 Å². The maximum Gasteiger partial charge on any atom is 0.326 e. The number of carbonyl (C=O) groups excluding carboxylic acids is 1. The van der Waals surface area contributed by atoms with Gasteiger partial charge in [-0.2, -0.15) is 0 Å². The first-order valence-corrected chi connectivity index (χ1v) is 6.53. The molecule has 0 aliphatic heterocycles. The number of hydrogen-bond acceptors (Lipinski definition) is 4. The standard InChI is InChI=1S/C11H17N3O3S/c1-3-4-9(10(15)16)14-11(17)13-6-8-5-12-7(2)18-8/h5,9H,3-4,6H2,1-2H3,(H,15,16)(H2,13,14,17). The first-order chi connectivity index (χ1) is 8.52. The highest BCUT2D eigenvalue weighted by Crippen LogP contribution is 2.10. The molecule has 1 rings (SSSR count). The van der Waals surface area contributed by atoms with Gasteiger partial charge in [0.05, 0.1) is 11.6 Å². The van der Waals surface area contributed by atoms with Crippen molar-refractivity contribution in [3.05, 3.63) is 16.1 Å². The first-order valence-electron chi connectivity index (χ1n) is 5.71. The number of nitrogens with zero attached hydrogens (tertiary/aromatic N) is 1. The SMILES string of the molecule is CCCC(NC(=O)NCc1cnc(C)s1)C(=O)O. The Morgan fingerprint density at radius 2 is 2.28 bits per heavy atom. The molecule has 3 N–H and O–H groups in total. The topological polar surface area (TPSA) is 91.3 Å². The van der Waals surface area contributed by atoms with Gasteiger partial charge in [0.15, 0.2) is 0 Å². The summed E-state index contributed by atoms with van der Waals surface area (Å²) in [4.78, 5) is 27.4. The van der Waals surface area contributed by atoms with Gasteiger partial charge in [-0.15, -0.1) is 11.3 Å². The highest BCUT2D eigenvalue weighted by atomic mass is 32.1. The molecule has 7 heteroatoms. The Morgan fingerprint density at radius 3 is 2.78 bits per heavy atom. The van der Waals surface area contributed by atoms with Crippen LogP contribution in [0.1, 0.15) is 29.7 Å². The second-order valence-corrected chi connectivity index (χ2v) is 5.17. The summed E-state index contributed by atoms with van der Waals surface area (Å²) in [5, 5.41) is 14.9. The van der Waals surface area contributed by atoms with E-state index in [1.165, 1.54) is 11.3 Å². The molecular weight excluding hydrogens is 254 g/mol. The van der Waals surface area contributed by atoms with Gasteiger partial charge in [-0.05, 0) is 13.3 Å². The third-order valence-electron chi connectivity index (χ3n) is 2.27. The molecule has 0 aromatic carbocycles. The average molecular weight is 271 g/mol. The van der Waals surface area contributed by atoms with Crippen molar-refractivity contribution in [3.8, 4) is 0 Å². The number of rotatable bonds is 6. The van der Waals surface area contributed by atoms with Crippen molar-refractivity contribution in [1.29, 1.82) is 0 Å². The van der Waals surface area contributed by atoms with Gasteiger partial charge in [0.1, 0.15) is 6.04 Å². The molecule has 0 radical (unpaired) electrons. The van der Waals surface area contributed by atoms with E-state index < -0.39 is 18.0 Å². The zero-order chi connectivity index (χ0) is 13.5. The van der Waals surface area contributed by atoms with Crippen molar-refractivity contribution in [1.82, 2.24) is 15.6 Å². The zero-order valence-electron chi connectivity index (χ0n) is 10.4. The Bertz CT molecular complexity index is 419. The summed E-state index contributed by atoms with van der Waals surface area (Å²) < 4.78 is 0. The van der Waals surface area contributed by atoms with Gasteiger partial charge < -0.3 is 15.7 Å². The van der Waals surface area contributed by atoms with Crippen LogP contribution in [0.15, 0.2) is 6.20 Å². The third kappa shape index (κ3) is 4.70. The molecule has 0 fully saturated rings. The summed E-state index contributed by atoms with van der Waals surface area (Å²) in [6.45, 7) is 4.11. The fraction of sp³-hybridized carbons (Fsp3) is 0.545. The van der Waals surface area contributed by atoms with Crippen LogP contribution in [0.3, 0.4) is 0 Å². The smallest absolute Gasteiger partial charge is 0.326 e. The summed E-state index contributed by atoms with van der Waals surface area (Å²) in [5.74, 6) is -1.01. The zero-order valence-corrected chi connectivity index (χ0v) is 11.2. The Labute approximate surface area is 109 Å². The molecule has 0 aliphatic carbocycles. The molecule has 1 atom stereocenters. The molecule has 100 valence electrons. The molecule has 1 aromatic rings. The van der Waals surface area contributed by atoms with E-state index in [1.54, 1.807) is 6.20 Å². The quantitative estimate of drug-likeness (QED) is 0.731. The van der Waals surface area contributed by atoms with Crippen LogP contribution >= 0.6 is 11.3 Å². The molecule has 0 saturated carbocycles. The van der Waals surface area contributed by atoms with Gasteiger partial charge in [0.25, 0.3) is 0 Å². The van der Waals surface area contributed by atoms with E-state index in [-0.39, 0.29) is 0 Å². The monoisotopic (exact) mass is 271 g/mol. The Balaban J connectivity index is 2.38. The Kier molecular flexibility index (Phi) is 5.57. The van der Waals surface area contributed by atoms with Gasteiger partial charge in [-0.25, -0.2) is 14.6 Å². The molecule has 1 unspecified atom stereocenters. The number of carbonyl (C=O) groups is 2. The third-order valence-corrected chi connectivity index (χ3v) is 3.19. The normalized spacial score (nSPS) is 11.9. The lowest BCUT2D eigenvalue weighted by Gasteiger charge is -2.13. The van der Waals surface area contributed by atoms with Gasteiger partial charge >= 0.3 is 12.0 Å². The lowest BCUT2D eigenvalue weighted by Crippen LogP contribution is -2.45. The minimum absolute atomic E-state index is 0.357. The van der Waals surface area contributed by atoms with Crippen LogP contribution in [0.4, 0.5) is 4.79 Å². The maximum atomic E-state index is 11.5. The number of thiazole rings is 1. The molecule has 0 bridgehead atoms. The number of hydrogen-bond donors (Lipinski definition) is 3. The van der Waals surface area contributed by atoms with Crippen LogP contribution in [0.2, 0.25) is 0 Å². The van der Waals surface area contributed by atoms with Gasteiger partial charge in [-0.1, -0.05) is 13.3 Å². The lowest BCUT2D eigenvalue weighted by atomic mass is 10.2. The van der Waals surface area contributed by atoms with E-state index in [2.05, 4.69) is 15.6 Å². The molecular formula is C11H17N3O3S. The summed E-state index contributed by atoms with van der Waals surface area (Å²) in [6.07, 6.45) is 2.81. The van der Waals surface area contributed by atoms with Crippen LogP contribution in [0, 0.1) is 6.92 Å². The van der Waals surface area contributed by atoms with E-state index in [4.69, 9.17) is 5.11 Å². The van der Waals surface area contributed by atoms with E-state index in [9.17, 15) is 9.59 Å². The van der Waals surface area contributed by atoms with Crippen LogP contribution in [0.25, 0.3) is 0 Å². The Morgan fingerprint density at radius 1 is 1.56 bits per heavy atom. The molecule has 0 aliphatic rings. The molecule has 1 aromatic heterocycles. The van der Waals surface area contributed by atoms with Crippen molar-refractivity contribution in [2.24, 2.45) is 0 Å². The van der Waals surface area contributed by atoms with E-state index >= 15 is 0 Å². The Hall–Kier alpha value is -1.63. The minimum Gasteiger partial charge on any atom is -0.480 e. The van der Waals surface area contributed by atoms with Crippen LogP contribution < -0.4 is 10.6 Å². The predicted octanol–water partition coefficient (Wildman–Crippen LogP) is 1.50. The average Bonchev–Trinajstić information content (AvgIpc) is 2.72. The summed E-state index contributed by atoms with van der Waals surface area (Å²) in [7, 11) is 0. The minimum atomic E-state index is -1.01. The molecule has 18 heavy (non-hydrogen) atoms. The summed E-state index contributed by atoms with van der Waals surface area (Å²) in [6, 6.07) is -1.31. The fourth-order valence-electron chi connectivity index (χ4n) is 1.41. The second kappa shape index (κ2) is 6.95. The number of amides is 2. The number of aromatic nitrogens is 1. The van der Waals surface area contributed by atoms with Crippen molar-refractivity contribution in [3.63, 3.8) is 0 Å². The number of urea groups is 1. The summed E-state index contributed by atoms with van der Waals surface area (Å²) in [5.41, 5.74) is 0. The number of carboxylic acid groups (broad SMARTS) is 1. The number of aliphatic carboxylic acids is 1. The molecule has 0 spiro atoms. The van der Waals surface area contributed by atoms with Crippen molar-refractivity contribution in [2.75, 3.05) is 0 Å². The second-order valence-electron chi connectivity index (χ2n) is 3.85. The van der Waals surface area contributed by atoms with Gasteiger partial charge in [0.2, 0.25) is 0 Å². The van der Waals surface area contributed by atoms with Crippen molar-refractivity contribution in [2.45, 2.75) is 39.3 Å². The molecule has 1 heterocycles. The predicted molar refractivity (Wildman–Crippen MR) is 68.6 cm³/mol. The van der Waals surface area contributed by atoms with Crippen molar-refractivity contribution < 1.29 is 14.7 Å². The number of nitrogens with one attached hydrogen (secondary N) is 2.